The topological polar surface area (TPSA) is 67.9 Å². The Kier molecular flexibility index (Phi) is 4.59. The summed E-state index contributed by atoms with van der Waals surface area (Å²) in [5.41, 5.74) is 1.92. The summed E-state index contributed by atoms with van der Waals surface area (Å²) >= 11 is 0. The molecule has 0 bridgehead atoms. The third-order valence-electron chi connectivity index (χ3n) is 4.20. The molecule has 3 heterocycles. The smallest absolute Gasteiger partial charge is 0.231 e. The van der Waals surface area contributed by atoms with Crippen LogP contribution in [0.4, 0.5) is 5.82 Å². The highest BCUT2D eigenvalue weighted by molar-refractivity contribution is 5.44. The first-order valence-corrected chi connectivity index (χ1v) is 8.40. The van der Waals surface area contributed by atoms with Gasteiger partial charge in [0.1, 0.15) is 5.82 Å². The fourth-order valence-electron chi connectivity index (χ4n) is 3.08. The fraction of sp³-hybridized carbons (Fsp3) is 0.647. The maximum absolute atomic E-state index is 5.52. The van der Waals surface area contributed by atoms with E-state index in [9.17, 15) is 0 Å². The lowest BCUT2D eigenvalue weighted by molar-refractivity contribution is 0.329. The van der Waals surface area contributed by atoms with Crippen LogP contribution in [0.3, 0.4) is 0 Å². The number of hydrogen-bond acceptors (Lipinski definition) is 6. The molecule has 0 amide bonds. The van der Waals surface area contributed by atoms with E-state index in [0.29, 0.717) is 5.92 Å². The Morgan fingerprint density at radius 2 is 2.13 bits per heavy atom. The molecule has 0 N–H and O–H groups in total. The van der Waals surface area contributed by atoms with Gasteiger partial charge in [0.2, 0.25) is 5.89 Å². The van der Waals surface area contributed by atoms with Gasteiger partial charge >= 0.3 is 0 Å². The van der Waals surface area contributed by atoms with Gasteiger partial charge in [-0.15, -0.1) is 0 Å². The molecule has 2 aromatic heterocycles. The molecule has 1 saturated heterocycles. The van der Waals surface area contributed by atoms with Crippen molar-refractivity contribution in [1.82, 2.24) is 20.1 Å². The summed E-state index contributed by atoms with van der Waals surface area (Å²) in [5.74, 6) is 3.38. The van der Waals surface area contributed by atoms with Crippen LogP contribution in [0.15, 0.2) is 10.7 Å². The minimum absolute atomic E-state index is 0.277. The third kappa shape index (κ3) is 3.68. The van der Waals surface area contributed by atoms with Gasteiger partial charge in [-0.3, -0.25) is 4.98 Å². The molecular weight excluding hydrogens is 290 g/mol. The van der Waals surface area contributed by atoms with E-state index in [0.717, 1.165) is 61.3 Å². The van der Waals surface area contributed by atoms with Crippen molar-refractivity contribution >= 4 is 5.82 Å². The minimum Gasteiger partial charge on any atom is -0.354 e. The van der Waals surface area contributed by atoms with E-state index in [-0.39, 0.29) is 5.92 Å². The van der Waals surface area contributed by atoms with Crippen LogP contribution in [0.25, 0.3) is 0 Å². The van der Waals surface area contributed by atoms with Gasteiger partial charge in [0.15, 0.2) is 5.82 Å². The number of aryl methyl sites for hydroxylation is 2. The molecule has 6 nitrogen and oxygen atoms in total. The Morgan fingerprint density at radius 1 is 1.30 bits per heavy atom. The number of rotatable bonds is 4. The highest BCUT2D eigenvalue weighted by Gasteiger charge is 2.27. The Morgan fingerprint density at radius 3 is 2.91 bits per heavy atom. The summed E-state index contributed by atoms with van der Waals surface area (Å²) < 4.78 is 5.52. The molecule has 1 aliphatic heterocycles. The van der Waals surface area contributed by atoms with Crippen LogP contribution in [0, 0.1) is 19.8 Å². The Balaban J connectivity index is 1.75. The van der Waals surface area contributed by atoms with E-state index < -0.39 is 0 Å². The zero-order valence-electron chi connectivity index (χ0n) is 14.4. The molecule has 1 atom stereocenters. The van der Waals surface area contributed by atoms with Crippen molar-refractivity contribution in [3.8, 4) is 0 Å². The number of piperidine rings is 1. The van der Waals surface area contributed by atoms with Crippen LogP contribution < -0.4 is 4.90 Å². The lowest BCUT2D eigenvalue weighted by atomic mass is 9.98. The minimum atomic E-state index is 0.277. The van der Waals surface area contributed by atoms with Gasteiger partial charge in [-0.1, -0.05) is 19.0 Å². The molecule has 1 fully saturated rings. The number of nitrogens with zero attached hydrogens (tertiary/aromatic N) is 5. The average Bonchev–Trinajstić information content (AvgIpc) is 2.97. The lowest BCUT2D eigenvalue weighted by Crippen LogP contribution is -2.35. The fourth-order valence-corrected chi connectivity index (χ4v) is 3.08. The third-order valence-corrected chi connectivity index (χ3v) is 4.20. The van der Waals surface area contributed by atoms with E-state index in [1.807, 2.05) is 20.0 Å². The van der Waals surface area contributed by atoms with Crippen LogP contribution in [-0.2, 0) is 6.42 Å². The summed E-state index contributed by atoms with van der Waals surface area (Å²) in [5, 5.41) is 4.13. The van der Waals surface area contributed by atoms with Crippen LogP contribution in [0.5, 0.6) is 0 Å². The normalized spacial score (nSPS) is 18.7. The van der Waals surface area contributed by atoms with Crippen molar-refractivity contribution < 1.29 is 4.52 Å². The van der Waals surface area contributed by atoms with Crippen molar-refractivity contribution in [1.29, 1.82) is 0 Å². The van der Waals surface area contributed by atoms with Crippen molar-refractivity contribution in [3.05, 3.63) is 29.3 Å². The molecule has 0 aliphatic carbocycles. The quantitative estimate of drug-likeness (QED) is 0.864. The van der Waals surface area contributed by atoms with Gasteiger partial charge in [0.05, 0.1) is 17.3 Å². The van der Waals surface area contributed by atoms with Gasteiger partial charge < -0.3 is 9.42 Å². The van der Waals surface area contributed by atoms with Gasteiger partial charge in [0, 0.05) is 25.7 Å². The summed E-state index contributed by atoms with van der Waals surface area (Å²) in [6.45, 7) is 10.2. The van der Waals surface area contributed by atoms with Gasteiger partial charge in [-0.05, 0) is 32.6 Å². The highest BCUT2D eigenvalue weighted by Crippen LogP contribution is 2.29. The van der Waals surface area contributed by atoms with Gasteiger partial charge in [-0.2, -0.15) is 4.98 Å². The second-order valence-corrected chi connectivity index (χ2v) is 6.85. The predicted octanol–water partition coefficient (Wildman–Crippen LogP) is 3.06. The van der Waals surface area contributed by atoms with Crippen molar-refractivity contribution in [2.45, 2.75) is 52.9 Å². The SMILES string of the molecule is Cc1cnc(C)c(N2CCCC(c3nc(CC(C)C)no3)C2)n1. The molecule has 1 aliphatic rings. The standard InChI is InChI=1S/C17H25N5O/c1-11(2)8-15-20-17(23-21-15)14-6-5-7-22(10-14)16-13(4)18-9-12(3)19-16/h9,11,14H,5-8,10H2,1-4H3. The van der Waals surface area contributed by atoms with Crippen molar-refractivity contribution in [2.24, 2.45) is 5.92 Å². The maximum atomic E-state index is 5.52. The largest absolute Gasteiger partial charge is 0.354 e. The van der Waals surface area contributed by atoms with E-state index in [4.69, 9.17) is 4.52 Å². The van der Waals surface area contributed by atoms with Crippen LogP contribution in [-0.4, -0.2) is 33.2 Å². The summed E-state index contributed by atoms with van der Waals surface area (Å²) in [7, 11) is 0. The van der Waals surface area contributed by atoms with E-state index >= 15 is 0 Å². The second kappa shape index (κ2) is 6.64. The molecule has 23 heavy (non-hydrogen) atoms. The zero-order valence-corrected chi connectivity index (χ0v) is 14.4. The summed E-state index contributed by atoms with van der Waals surface area (Å²) in [6, 6.07) is 0. The molecule has 2 aromatic rings. The molecule has 0 saturated carbocycles. The Bertz CT molecular complexity index is 667. The van der Waals surface area contributed by atoms with Gasteiger partial charge in [-0.25, -0.2) is 4.98 Å². The number of hydrogen-bond donors (Lipinski definition) is 0. The highest BCUT2D eigenvalue weighted by atomic mass is 16.5. The van der Waals surface area contributed by atoms with Crippen LogP contribution >= 0.6 is 0 Å². The molecule has 3 rings (SSSR count). The zero-order chi connectivity index (χ0) is 16.4. The monoisotopic (exact) mass is 315 g/mol. The van der Waals surface area contributed by atoms with Crippen LogP contribution in [0.2, 0.25) is 0 Å². The van der Waals surface area contributed by atoms with E-state index in [2.05, 4.69) is 38.9 Å². The van der Waals surface area contributed by atoms with E-state index in [1.165, 1.54) is 0 Å². The second-order valence-electron chi connectivity index (χ2n) is 6.85. The summed E-state index contributed by atoms with van der Waals surface area (Å²) in [4.78, 5) is 16.0. The molecule has 6 heteroatoms. The molecule has 124 valence electrons. The first kappa shape index (κ1) is 15.9. The average molecular weight is 315 g/mol. The Labute approximate surface area is 137 Å². The molecule has 0 aromatic carbocycles. The first-order valence-electron chi connectivity index (χ1n) is 8.40. The van der Waals surface area contributed by atoms with Crippen molar-refractivity contribution in [3.63, 3.8) is 0 Å². The van der Waals surface area contributed by atoms with E-state index in [1.54, 1.807) is 0 Å². The lowest BCUT2D eigenvalue weighted by Gasteiger charge is -2.32. The number of anilines is 1. The molecule has 0 radical (unpaired) electrons. The predicted molar refractivity (Wildman–Crippen MR) is 88.5 cm³/mol. The first-order chi connectivity index (χ1) is 11.0. The molecule has 1 unspecified atom stereocenters. The van der Waals surface area contributed by atoms with Crippen molar-refractivity contribution in [2.75, 3.05) is 18.0 Å². The van der Waals surface area contributed by atoms with Crippen LogP contribution in [0.1, 0.15) is 55.7 Å². The molecule has 0 spiro atoms. The maximum Gasteiger partial charge on any atom is 0.231 e. The molecular formula is C17H25N5O. The Hall–Kier alpha value is -1.98. The summed E-state index contributed by atoms with van der Waals surface area (Å²) in [6.07, 6.45) is 4.86. The van der Waals surface area contributed by atoms with Gasteiger partial charge in [0.25, 0.3) is 0 Å². The number of aromatic nitrogens is 4.